The third kappa shape index (κ3) is 3.46. The molecule has 9 heavy (non-hydrogen) atoms. The van der Waals surface area contributed by atoms with E-state index in [9.17, 15) is 0 Å². The van der Waals surface area contributed by atoms with Gasteiger partial charge in [0.25, 0.3) is 0 Å². The van der Waals surface area contributed by atoms with Crippen LogP contribution in [0.15, 0.2) is 0 Å². The Morgan fingerprint density at radius 2 is 2.00 bits per heavy atom. The van der Waals surface area contributed by atoms with Crippen LogP contribution in [-0.4, -0.2) is 18.2 Å². The summed E-state index contributed by atoms with van der Waals surface area (Å²) in [6.45, 7) is 6.24. The van der Waals surface area contributed by atoms with Gasteiger partial charge in [-0.15, -0.1) is 0 Å². The van der Waals surface area contributed by atoms with Gasteiger partial charge in [-0.05, 0) is 6.92 Å². The Kier molecular flexibility index (Phi) is 4.67. The van der Waals surface area contributed by atoms with E-state index in [0.29, 0.717) is 6.61 Å². The van der Waals surface area contributed by atoms with Crippen molar-refractivity contribution in [3.8, 4) is 0 Å². The van der Waals surface area contributed by atoms with Crippen molar-refractivity contribution in [2.45, 2.75) is 27.1 Å². The van der Waals surface area contributed by atoms with Gasteiger partial charge in [-0.2, -0.15) is 0 Å². The van der Waals surface area contributed by atoms with Crippen molar-refractivity contribution < 1.29 is 14.9 Å². The molecular weight excluding hydrogens is 120 g/mol. The van der Waals surface area contributed by atoms with Crippen molar-refractivity contribution in [3.05, 3.63) is 0 Å². The van der Waals surface area contributed by atoms with Crippen LogP contribution in [0.5, 0.6) is 0 Å². The molecule has 3 heteroatoms. The molecule has 0 aromatic rings. The van der Waals surface area contributed by atoms with E-state index in [2.05, 4.69) is 4.89 Å². The van der Waals surface area contributed by atoms with E-state index >= 15 is 0 Å². The first-order valence-electron chi connectivity index (χ1n) is 3.14. The van der Waals surface area contributed by atoms with Gasteiger partial charge in [-0.25, -0.2) is 10.1 Å². The molecule has 0 saturated carbocycles. The van der Waals surface area contributed by atoms with Gasteiger partial charge in [0.1, 0.15) is 0 Å². The van der Waals surface area contributed by atoms with Crippen molar-refractivity contribution in [1.29, 1.82) is 0 Å². The van der Waals surface area contributed by atoms with E-state index in [1.807, 2.05) is 20.8 Å². The molecule has 0 fully saturated rings. The Bertz CT molecular complexity index is 63.3. The Labute approximate surface area is 55.5 Å². The van der Waals surface area contributed by atoms with Crippen LogP contribution in [-0.2, 0) is 9.62 Å². The molecule has 0 spiro atoms. The highest BCUT2D eigenvalue weighted by Gasteiger charge is 2.12. The van der Waals surface area contributed by atoms with Crippen molar-refractivity contribution in [3.63, 3.8) is 0 Å². The van der Waals surface area contributed by atoms with Crippen LogP contribution in [0, 0.1) is 5.92 Å². The number of ether oxygens (including phenoxy) is 1. The van der Waals surface area contributed by atoms with Gasteiger partial charge in [0, 0.05) is 12.5 Å². The predicted octanol–water partition coefficient (Wildman–Crippen LogP) is 1.49. The molecule has 0 amide bonds. The molecular formula is C6H14O3. The van der Waals surface area contributed by atoms with Crippen molar-refractivity contribution in [2.24, 2.45) is 5.92 Å². The van der Waals surface area contributed by atoms with E-state index in [-0.39, 0.29) is 5.92 Å². The zero-order chi connectivity index (χ0) is 7.28. The molecule has 0 aliphatic rings. The second-order valence-electron chi connectivity index (χ2n) is 2.17. The van der Waals surface area contributed by atoms with Crippen LogP contribution < -0.4 is 0 Å². The number of hydrogen-bond acceptors (Lipinski definition) is 3. The summed E-state index contributed by atoms with van der Waals surface area (Å²) in [5.74, 6) is 0.190. The van der Waals surface area contributed by atoms with E-state index in [4.69, 9.17) is 9.99 Å². The first kappa shape index (κ1) is 8.88. The molecule has 0 bridgehead atoms. The minimum absolute atomic E-state index is 0.190. The van der Waals surface area contributed by atoms with Gasteiger partial charge in [-0.3, -0.25) is 0 Å². The largest absolute Gasteiger partial charge is 0.350 e. The van der Waals surface area contributed by atoms with Gasteiger partial charge in [0.15, 0.2) is 6.29 Å². The molecule has 0 aliphatic carbocycles. The zero-order valence-electron chi connectivity index (χ0n) is 6.13. The average molecular weight is 134 g/mol. The van der Waals surface area contributed by atoms with Gasteiger partial charge >= 0.3 is 0 Å². The zero-order valence-corrected chi connectivity index (χ0v) is 6.13. The molecule has 0 aromatic carbocycles. The highest BCUT2D eigenvalue weighted by molar-refractivity contribution is 4.46. The van der Waals surface area contributed by atoms with E-state index in [1.54, 1.807) is 0 Å². The molecule has 0 rings (SSSR count). The third-order valence-corrected chi connectivity index (χ3v) is 0.979. The summed E-state index contributed by atoms with van der Waals surface area (Å²) in [4.78, 5) is 4.03. The summed E-state index contributed by atoms with van der Waals surface area (Å²) in [5, 5.41) is 8.20. The smallest absolute Gasteiger partial charge is 0.193 e. The third-order valence-electron chi connectivity index (χ3n) is 0.979. The SMILES string of the molecule is CCOC(OO)C(C)C. The normalized spacial score (nSPS) is 14.3. The molecule has 0 heterocycles. The molecule has 0 aromatic heterocycles. The van der Waals surface area contributed by atoms with Crippen LogP contribution in [0.2, 0.25) is 0 Å². The molecule has 0 saturated heterocycles. The topological polar surface area (TPSA) is 38.7 Å². The Hall–Kier alpha value is -0.120. The lowest BCUT2D eigenvalue weighted by Gasteiger charge is -2.15. The fraction of sp³-hybridized carbons (Fsp3) is 1.00. The van der Waals surface area contributed by atoms with Gasteiger partial charge in [0.05, 0.1) is 0 Å². The molecule has 1 N–H and O–H groups in total. The van der Waals surface area contributed by atoms with Crippen molar-refractivity contribution >= 4 is 0 Å². The second-order valence-corrected chi connectivity index (χ2v) is 2.17. The lowest BCUT2D eigenvalue weighted by atomic mass is 10.2. The average Bonchev–Trinajstić information content (AvgIpc) is 1.82. The summed E-state index contributed by atoms with van der Waals surface area (Å²) in [6, 6.07) is 0. The fourth-order valence-electron chi connectivity index (χ4n) is 0.509. The minimum atomic E-state index is -0.477. The maximum atomic E-state index is 8.20. The van der Waals surface area contributed by atoms with E-state index in [1.165, 1.54) is 0 Å². The Balaban J connectivity index is 3.41. The first-order valence-corrected chi connectivity index (χ1v) is 3.14. The van der Waals surface area contributed by atoms with Gasteiger partial charge in [0.2, 0.25) is 0 Å². The second kappa shape index (κ2) is 4.73. The maximum absolute atomic E-state index is 8.20. The quantitative estimate of drug-likeness (QED) is 0.359. The molecule has 56 valence electrons. The summed E-state index contributed by atoms with van der Waals surface area (Å²) < 4.78 is 4.98. The maximum Gasteiger partial charge on any atom is 0.193 e. The van der Waals surface area contributed by atoms with Gasteiger partial charge < -0.3 is 4.74 Å². The van der Waals surface area contributed by atoms with E-state index < -0.39 is 6.29 Å². The minimum Gasteiger partial charge on any atom is -0.350 e. The van der Waals surface area contributed by atoms with Crippen molar-refractivity contribution in [2.75, 3.05) is 6.61 Å². The summed E-state index contributed by atoms with van der Waals surface area (Å²) in [6.07, 6.45) is -0.477. The van der Waals surface area contributed by atoms with Gasteiger partial charge in [-0.1, -0.05) is 13.8 Å². The van der Waals surface area contributed by atoms with Crippen LogP contribution in [0.3, 0.4) is 0 Å². The van der Waals surface area contributed by atoms with Crippen LogP contribution in [0.4, 0.5) is 0 Å². The Morgan fingerprint density at radius 1 is 1.44 bits per heavy atom. The lowest BCUT2D eigenvalue weighted by Crippen LogP contribution is -2.21. The standard InChI is InChI=1S/C6H14O3/c1-4-8-6(9-7)5(2)3/h5-7H,4H2,1-3H3. The summed E-state index contributed by atoms with van der Waals surface area (Å²) >= 11 is 0. The first-order chi connectivity index (χ1) is 4.22. The van der Waals surface area contributed by atoms with E-state index in [0.717, 1.165) is 0 Å². The monoisotopic (exact) mass is 134 g/mol. The van der Waals surface area contributed by atoms with Crippen LogP contribution in [0.25, 0.3) is 0 Å². The molecule has 1 unspecified atom stereocenters. The molecule has 1 atom stereocenters. The predicted molar refractivity (Wildman–Crippen MR) is 34.0 cm³/mol. The van der Waals surface area contributed by atoms with Crippen molar-refractivity contribution in [1.82, 2.24) is 0 Å². The summed E-state index contributed by atoms with van der Waals surface area (Å²) in [7, 11) is 0. The fourth-order valence-corrected chi connectivity index (χ4v) is 0.509. The van der Waals surface area contributed by atoms with Crippen LogP contribution in [0.1, 0.15) is 20.8 Å². The molecule has 3 nitrogen and oxygen atoms in total. The molecule has 0 radical (unpaired) electrons. The highest BCUT2D eigenvalue weighted by Crippen LogP contribution is 2.05. The number of rotatable bonds is 4. The Morgan fingerprint density at radius 3 is 2.11 bits per heavy atom. The highest BCUT2D eigenvalue weighted by atomic mass is 17.1. The summed E-state index contributed by atoms with van der Waals surface area (Å²) in [5.41, 5.74) is 0. The van der Waals surface area contributed by atoms with Crippen LogP contribution >= 0.6 is 0 Å². The lowest BCUT2D eigenvalue weighted by molar-refractivity contribution is -0.356. The number of hydrogen-bond donors (Lipinski definition) is 1. The molecule has 0 aliphatic heterocycles.